The minimum Gasteiger partial charge on any atom is -0.371 e. The molecule has 0 aliphatic carbocycles. The predicted octanol–water partition coefficient (Wildman–Crippen LogP) is 2.16. The molecule has 0 radical (unpaired) electrons. The Hall–Kier alpha value is -1.89. The molecule has 3 heterocycles. The average molecular weight is 291 g/mol. The highest BCUT2D eigenvalue weighted by atomic mass is 16.5. The van der Waals surface area contributed by atoms with E-state index in [-0.39, 0.29) is 12.0 Å². The van der Waals surface area contributed by atoms with Crippen molar-refractivity contribution in [3.8, 4) is 0 Å². The maximum absolute atomic E-state index is 5.92. The molecule has 1 aliphatic heterocycles. The molecule has 0 amide bonds. The van der Waals surface area contributed by atoms with Crippen LogP contribution in [0.15, 0.2) is 16.8 Å². The van der Waals surface area contributed by atoms with Crippen LogP contribution in [-0.4, -0.2) is 40.6 Å². The van der Waals surface area contributed by atoms with Crippen molar-refractivity contribution in [2.45, 2.75) is 38.3 Å². The minimum absolute atomic E-state index is 0.0784. The summed E-state index contributed by atoms with van der Waals surface area (Å²) in [5.74, 6) is 1.31. The van der Waals surface area contributed by atoms with E-state index in [2.05, 4.69) is 29.1 Å². The van der Waals surface area contributed by atoms with Gasteiger partial charge in [-0.3, -0.25) is 4.68 Å². The van der Waals surface area contributed by atoms with Crippen molar-refractivity contribution in [2.75, 3.05) is 25.6 Å². The van der Waals surface area contributed by atoms with E-state index in [4.69, 9.17) is 9.26 Å². The Kier molecular flexibility index (Phi) is 3.67. The first-order valence-corrected chi connectivity index (χ1v) is 7.24. The minimum atomic E-state index is -0.0784. The van der Waals surface area contributed by atoms with Crippen molar-refractivity contribution in [2.24, 2.45) is 0 Å². The van der Waals surface area contributed by atoms with Crippen LogP contribution in [0.2, 0.25) is 0 Å². The lowest BCUT2D eigenvalue weighted by atomic mass is 9.98. The summed E-state index contributed by atoms with van der Waals surface area (Å²) < 4.78 is 13.3. The maximum atomic E-state index is 5.92. The van der Waals surface area contributed by atoms with E-state index in [0.717, 1.165) is 12.1 Å². The van der Waals surface area contributed by atoms with Crippen LogP contribution in [0, 0.1) is 0 Å². The lowest BCUT2D eigenvalue weighted by molar-refractivity contribution is 0.0901. The largest absolute Gasteiger partial charge is 0.371 e. The van der Waals surface area contributed by atoms with Gasteiger partial charge >= 0.3 is 0 Å². The van der Waals surface area contributed by atoms with E-state index in [1.54, 1.807) is 0 Å². The Morgan fingerprint density at radius 1 is 1.38 bits per heavy atom. The van der Waals surface area contributed by atoms with E-state index in [0.29, 0.717) is 24.5 Å². The second-order valence-electron chi connectivity index (χ2n) is 5.81. The molecule has 3 rings (SSSR count). The molecule has 1 aliphatic rings. The number of ether oxygens (including phenoxy) is 1. The van der Waals surface area contributed by atoms with Crippen LogP contribution in [0.3, 0.4) is 0 Å². The van der Waals surface area contributed by atoms with Gasteiger partial charge in [-0.1, -0.05) is 0 Å². The summed E-state index contributed by atoms with van der Waals surface area (Å²) in [5, 5.41) is 8.38. The SMILES string of the molecule is CC(C)n1nccc1[C@@H]1OCC[C@H]1c1nc(N(C)C)no1. The highest BCUT2D eigenvalue weighted by molar-refractivity contribution is 5.25. The zero-order chi connectivity index (χ0) is 15.0. The predicted molar refractivity (Wildman–Crippen MR) is 77.3 cm³/mol. The van der Waals surface area contributed by atoms with Crippen molar-refractivity contribution in [3.63, 3.8) is 0 Å². The molecule has 1 saturated heterocycles. The van der Waals surface area contributed by atoms with Gasteiger partial charge in [0.1, 0.15) is 6.10 Å². The van der Waals surface area contributed by atoms with Crippen LogP contribution >= 0.6 is 0 Å². The molecule has 2 atom stereocenters. The van der Waals surface area contributed by atoms with E-state index in [1.165, 1.54) is 0 Å². The molecular weight excluding hydrogens is 270 g/mol. The fourth-order valence-corrected chi connectivity index (χ4v) is 2.67. The van der Waals surface area contributed by atoms with Gasteiger partial charge in [0.15, 0.2) is 0 Å². The van der Waals surface area contributed by atoms with Gasteiger partial charge < -0.3 is 14.2 Å². The molecule has 0 N–H and O–H groups in total. The molecule has 7 nitrogen and oxygen atoms in total. The van der Waals surface area contributed by atoms with Gasteiger partial charge in [-0.25, -0.2) is 0 Å². The number of hydrogen-bond acceptors (Lipinski definition) is 6. The monoisotopic (exact) mass is 291 g/mol. The molecule has 114 valence electrons. The summed E-state index contributed by atoms with van der Waals surface area (Å²) in [5.41, 5.74) is 1.07. The van der Waals surface area contributed by atoms with Crippen LogP contribution in [0.5, 0.6) is 0 Å². The summed E-state index contributed by atoms with van der Waals surface area (Å²) in [6, 6.07) is 2.30. The van der Waals surface area contributed by atoms with Gasteiger partial charge in [-0.15, -0.1) is 0 Å². The normalized spacial score (nSPS) is 22.1. The lowest BCUT2D eigenvalue weighted by Crippen LogP contribution is -2.15. The number of rotatable bonds is 4. The number of aromatic nitrogens is 4. The molecule has 7 heteroatoms. The first-order chi connectivity index (χ1) is 10.1. The fraction of sp³-hybridized carbons (Fsp3) is 0.643. The highest BCUT2D eigenvalue weighted by Crippen LogP contribution is 2.41. The standard InChI is InChI=1S/C14H21N5O2/c1-9(2)19-11(5-7-15-19)12-10(6-8-20-12)13-16-14(17-21-13)18(3)4/h5,7,9-10,12H,6,8H2,1-4H3/t10-,12-/m1/s1. The average Bonchev–Trinajstić information content (AvgIpc) is 3.17. The Labute approximate surface area is 123 Å². The van der Waals surface area contributed by atoms with Crippen LogP contribution < -0.4 is 4.90 Å². The van der Waals surface area contributed by atoms with Crippen LogP contribution in [0.4, 0.5) is 5.95 Å². The fourth-order valence-electron chi connectivity index (χ4n) is 2.67. The van der Waals surface area contributed by atoms with Crippen LogP contribution in [0.1, 0.15) is 49.9 Å². The first-order valence-electron chi connectivity index (χ1n) is 7.24. The van der Waals surface area contributed by atoms with Gasteiger partial charge in [0, 0.05) is 32.9 Å². The smallest absolute Gasteiger partial charge is 0.265 e. The highest BCUT2D eigenvalue weighted by Gasteiger charge is 2.37. The molecule has 0 aromatic carbocycles. The second kappa shape index (κ2) is 5.48. The third-order valence-corrected chi connectivity index (χ3v) is 3.72. The van der Waals surface area contributed by atoms with E-state index in [9.17, 15) is 0 Å². The van der Waals surface area contributed by atoms with Crippen molar-refractivity contribution in [3.05, 3.63) is 23.8 Å². The van der Waals surface area contributed by atoms with Crippen molar-refractivity contribution >= 4 is 5.95 Å². The topological polar surface area (TPSA) is 69.2 Å². The van der Waals surface area contributed by atoms with E-state index in [1.807, 2.05) is 35.9 Å². The van der Waals surface area contributed by atoms with Gasteiger partial charge in [0.2, 0.25) is 5.89 Å². The van der Waals surface area contributed by atoms with E-state index < -0.39 is 0 Å². The zero-order valence-corrected chi connectivity index (χ0v) is 12.9. The van der Waals surface area contributed by atoms with Gasteiger partial charge in [-0.2, -0.15) is 10.1 Å². The van der Waals surface area contributed by atoms with Gasteiger partial charge in [0.25, 0.3) is 5.95 Å². The third-order valence-electron chi connectivity index (χ3n) is 3.72. The van der Waals surface area contributed by atoms with Crippen molar-refractivity contribution < 1.29 is 9.26 Å². The number of hydrogen-bond donors (Lipinski definition) is 0. The number of nitrogens with zero attached hydrogens (tertiary/aromatic N) is 5. The number of anilines is 1. The molecule has 0 bridgehead atoms. The quantitative estimate of drug-likeness (QED) is 0.859. The molecule has 2 aromatic rings. The molecule has 0 saturated carbocycles. The summed E-state index contributed by atoms with van der Waals surface area (Å²) in [4.78, 5) is 6.29. The summed E-state index contributed by atoms with van der Waals surface area (Å²) in [7, 11) is 3.79. The Morgan fingerprint density at radius 2 is 2.19 bits per heavy atom. The summed E-state index contributed by atoms with van der Waals surface area (Å²) in [6.07, 6.45) is 2.61. The van der Waals surface area contributed by atoms with Crippen molar-refractivity contribution in [1.82, 2.24) is 19.9 Å². The van der Waals surface area contributed by atoms with Crippen LogP contribution in [0.25, 0.3) is 0 Å². The van der Waals surface area contributed by atoms with E-state index >= 15 is 0 Å². The lowest BCUT2D eigenvalue weighted by Gasteiger charge is -2.19. The second-order valence-corrected chi connectivity index (χ2v) is 5.81. The van der Waals surface area contributed by atoms with Gasteiger partial charge in [0.05, 0.1) is 11.6 Å². The van der Waals surface area contributed by atoms with Crippen LogP contribution in [-0.2, 0) is 4.74 Å². The molecule has 21 heavy (non-hydrogen) atoms. The summed E-state index contributed by atoms with van der Waals surface area (Å²) in [6.45, 7) is 4.91. The summed E-state index contributed by atoms with van der Waals surface area (Å²) >= 11 is 0. The molecule has 1 fully saturated rings. The van der Waals surface area contributed by atoms with Gasteiger partial charge in [-0.05, 0) is 31.5 Å². The molecule has 2 aromatic heterocycles. The molecule has 0 spiro atoms. The Morgan fingerprint density at radius 3 is 2.86 bits per heavy atom. The third kappa shape index (κ3) is 2.53. The molecular formula is C14H21N5O2. The molecule has 0 unspecified atom stereocenters. The Balaban J connectivity index is 1.89. The zero-order valence-electron chi connectivity index (χ0n) is 12.9. The van der Waals surface area contributed by atoms with Crippen molar-refractivity contribution in [1.29, 1.82) is 0 Å². The Bertz CT molecular complexity index is 604. The first kappa shape index (κ1) is 14.1. The maximum Gasteiger partial charge on any atom is 0.265 e.